The molecule has 5 nitrogen and oxygen atoms in total. The van der Waals surface area contributed by atoms with Gasteiger partial charge in [-0.05, 0) is 35.4 Å². The van der Waals surface area contributed by atoms with Crippen molar-refractivity contribution in [1.29, 1.82) is 0 Å². The molecule has 0 saturated carbocycles. The van der Waals surface area contributed by atoms with E-state index < -0.39 is 9.84 Å². The van der Waals surface area contributed by atoms with E-state index in [2.05, 4.69) is 45.5 Å². The number of nitrogens with zero attached hydrogens (tertiary/aromatic N) is 2. The van der Waals surface area contributed by atoms with Crippen LogP contribution in [0.2, 0.25) is 0 Å². The van der Waals surface area contributed by atoms with Gasteiger partial charge < -0.3 is 10.2 Å². The quantitative estimate of drug-likeness (QED) is 0.599. The van der Waals surface area contributed by atoms with Crippen LogP contribution in [0.5, 0.6) is 0 Å². The third-order valence-electron chi connectivity index (χ3n) is 5.07. The highest BCUT2D eigenvalue weighted by molar-refractivity contribution is 7.89. The zero-order valence-electron chi connectivity index (χ0n) is 16.6. The number of hydrogen-bond donors (Lipinski definition) is 1. The molecule has 0 aliphatic carbocycles. The summed E-state index contributed by atoms with van der Waals surface area (Å²) in [6, 6.07) is 18.4. The third-order valence-corrected chi connectivity index (χ3v) is 5.92. The lowest BCUT2D eigenvalue weighted by Gasteiger charge is -2.22. The Morgan fingerprint density at radius 3 is 2.39 bits per heavy atom. The van der Waals surface area contributed by atoms with Gasteiger partial charge in [-0.3, -0.25) is 4.99 Å². The molecule has 1 aliphatic rings. The summed E-state index contributed by atoms with van der Waals surface area (Å²) >= 11 is 0. The Bertz CT molecular complexity index is 893. The van der Waals surface area contributed by atoms with Gasteiger partial charge in [0.15, 0.2) is 15.8 Å². The van der Waals surface area contributed by atoms with E-state index in [9.17, 15) is 8.42 Å². The van der Waals surface area contributed by atoms with Gasteiger partial charge in [0.2, 0.25) is 0 Å². The molecule has 1 heterocycles. The second-order valence-electron chi connectivity index (χ2n) is 7.58. The molecule has 0 amide bonds. The van der Waals surface area contributed by atoms with Crippen LogP contribution < -0.4 is 5.32 Å². The first-order valence-electron chi connectivity index (χ1n) is 9.68. The lowest BCUT2D eigenvalue weighted by molar-refractivity contribution is 0.460. The minimum absolute atomic E-state index is 0.0823. The van der Waals surface area contributed by atoms with Gasteiger partial charge in [-0.2, -0.15) is 0 Å². The van der Waals surface area contributed by atoms with Crippen LogP contribution in [0.4, 0.5) is 0 Å². The lowest BCUT2D eigenvalue weighted by Crippen LogP contribution is -2.39. The maximum Gasteiger partial charge on any atom is 0.193 e. The number of likely N-dealkylation sites (tertiary alicyclic amines) is 1. The normalized spacial score (nSPS) is 17.7. The fourth-order valence-corrected chi connectivity index (χ4v) is 4.51. The van der Waals surface area contributed by atoms with Gasteiger partial charge in [0.25, 0.3) is 0 Å². The molecular formula is C22H29N3O2S. The summed E-state index contributed by atoms with van der Waals surface area (Å²) in [7, 11) is -1.18. The van der Waals surface area contributed by atoms with Crippen molar-refractivity contribution in [1.82, 2.24) is 10.2 Å². The average Bonchev–Trinajstić information content (AvgIpc) is 3.11. The predicted octanol–water partition coefficient (Wildman–Crippen LogP) is 2.87. The predicted molar refractivity (Wildman–Crippen MR) is 115 cm³/mol. The Morgan fingerprint density at radius 2 is 1.75 bits per heavy atom. The molecule has 28 heavy (non-hydrogen) atoms. The number of benzene rings is 2. The molecule has 2 aromatic carbocycles. The molecule has 1 aliphatic heterocycles. The Hall–Kier alpha value is -2.34. The number of nitrogens with one attached hydrogen (secondary N) is 1. The van der Waals surface area contributed by atoms with Crippen molar-refractivity contribution in [3.8, 4) is 0 Å². The van der Waals surface area contributed by atoms with Gasteiger partial charge in [0.1, 0.15) is 0 Å². The highest BCUT2D eigenvalue weighted by atomic mass is 32.2. The van der Waals surface area contributed by atoms with Crippen LogP contribution in [0, 0.1) is 5.92 Å². The van der Waals surface area contributed by atoms with E-state index in [1.54, 1.807) is 0 Å². The SMILES string of the molecule is CN=C(NCc1ccc(CS(C)(=O)=O)cc1)N1CCC(Cc2ccccc2)C1. The van der Waals surface area contributed by atoms with E-state index in [0.29, 0.717) is 12.5 Å². The Kier molecular flexibility index (Phi) is 6.73. The molecule has 0 spiro atoms. The molecule has 1 atom stereocenters. The number of sulfone groups is 1. The minimum Gasteiger partial charge on any atom is -0.352 e. The number of aliphatic imine (C=N–C) groups is 1. The summed E-state index contributed by atoms with van der Waals surface area (Å²) in [4.78, 5) is 6.77. The average molecular weight is 400 g/mol. The van der Waals surface area contributed by atoms with E-state index in [-0.39, 0.29) is 5.75 Å². The maximum atomic E-state index is 11.4. The smallest absolute Gasteiger partial charge is 0.193 e. The van der Waals surface area contributed by atoms with E-state index in [0.717, 1.165) is 36.6 Å². The number of guanidine groups is 1. The Labute approximate surface area is 168 Å². The summed E-state index contributed by atoms with van der Waals surface area (Å²) in [5, 5.41) is 3.44. The Balaban J connectivity index is 1.51. The molecular weight excluding hydrogens is 370 g/mol. The second kappa shape index (κ2) is 9.24. The highest BCUT2D eigenvalue weighted by Crippen LogP contribution is 2.21. The molecule has 0 aromatic heterocycles. The molecule has 1 saturated heterocycles. The van der Waals surface area contributed by atoms with Crippen LogP contribution in [-0.4, -0.2) is 45.7 Å². The van der Waals surface area contributed by atoms with Crippen molar-refractivity contribution in [3.05, 3.63) is 71.3 Å². The van der Waals surface area contributed by atoms with Crippen LogP contribution in [-0.2, 0) is 28.6 Å². The van der Waals surface area contributed by atoms with Gasteiger partial charge in [0, 0.05) is 32.9 Å². The molecule has 150 valence electrons. The first-order chi connectivity index (χ1) is 13.4. The molecule has 2 aromatic rings. The fraction of sp³-hybridized carbons (Fsp3) is 0.409. The van der Waals surface area contributed by atoms with Crippen LogP contribution in [0.3, 0.4) is 0 Å². The molecule has 0 bridgehead atoms. The second-order valence-corrected chi connectivity index (χ2v) is 9.72. The van der Waals surface area contributed by atoms with Crippen molar-refractivity contribution in [3.63, 3.8) is 0 Å². The summed E-state index contributed by atoms with van der Waals surface area (Å²) in [6.45, 7) is 2.71. The van der Waals surface area contributed by atoms with Crippen molar-refractivity contribution in [2.24, 2.45) is 10.9 Å². The van der Waals surface area contributed by atoms with Crippen molar-refractivity contribution < 1.29 is 8.42 Å². The Morgan fingerprint density at radius 1 is 1.07 bits per heavy atom. The van der Waals surface area contributed by atoms with Crippen molar-refractivity contribution >= 4 is 15.8 Å². The van der Waals surface area contributed by atoms with Gasteiger partial charge in [-0.15, -0.1) is 0 Å². The molecule has 1 N–H and O–H groups in total. The van der Waals surface area contributed by atoms with Gasteiger partial charge >= 0.3 is 0 Å². The van der Waals surface area contributed by atoms with E-state index >= 15 is 0 Å². The molecule has 6 heteroatoms. The van der Waals surface area contributed by atoms with Crippen LogP contribution in [0.15, 0.2) is 59.6 Å². The molecule has 1 unspecified atom stereocenters. The van der Waals surface area contributed by atoms with Crippen LogP contribution in [0.1, 0.15) is 23.1 Å². The summed E-state index contributed by atoms with van der Waals surface area (Å²) in [6.07, 6.45) is 3.54. The lowest BCUT2D eigenvalue weighted by atomic mass is 9.99. The zero-order chi connectivity index (χ0) is 20.0. The first kappa shape index (κ1) is 20.4. The summed E-state index contributed by atoms with van der Waals surface area (Å²) < 4.78 is 22.8. The van der Waals surface area contributed by atoms with Crippen LogP contribution in [0.25, 0.3) is 0 Å². The summed E-state index contributed by atoms with van der Waals surface area (Å²) in [5.41, 5.74) is 3.32. The van der Waals surface area contributed by atoms with Crippen LogP contribution >= 0.6 is 0 Å². The van der Waals surface area contributed by atoms with E-state index in [1.165, 1.54) is 18.2 Å². The number of rotatable bonds is 6. The standard InChI is InChI=1S/C22H29N3O2S/c1-23-22(24-15-19-8-10-20(11-9-19)17-28(2,26)27)25-13-12-21(16-25)14-18-6-4-3-5-7-18/h3-11,21H,12-17H2,1-2H3,(H,23,24). The maximum absolute atomic E-state index is 11.4. The monoisotopic (exact) mass is 399 g/mol. The largest absolute Gasteiger partial charge is 0.352 e. The fourth-order valence-electron chi connectivity index (χ4n) is 3.71. The van der Waals surface area contributed by atoms with Gasteiger partial charge in [-0.25, -0.2) is 8.42 Å². The highest BCUT2D eigenvalue weighted by Gasteiger charge is 2.24. The zero-order valence-corrected chi connectivity index (χ0v) is 17.5. The van der Waals surface area contributed by atoms with E-state index in [1.807, 2.05) is 31.3 Å². The number of hydrogen-bond acceptors (Lipinski definition) is 3. The minimum atomic E-state index is -3.00. The molecule has 0 radical (unpaired) electrons. The third kappa shape index (κ3) is 6.09. The topological polar surface area (TPSA) is 61.8 Å². The first-order valence-corrected chi connectivity index (χ1v) is 11.7. The molecule has 3 rings (SSSR count). The van der Waals surface area contributed by atoms with E-state index in [4.69, 9.17) is 0 Å². The van der Waals surface area contributed by atoms with Crippen molar-refractivity contribution in [2.75, 3.05) is 26.4 Å². The van der Waals surface area contributed by atoms with Gasteiger partial charge in [0.05, 0.1) is 5.75 Å². The summed E-state index contributed by atoms with van der Waals surface area (Å²) in [5.74, 6) is 1.66. The van der Waals surface area contributed by atoms with Gasteiger partial charge in [-0.1, -0.05) is 54.6 Å². The molecule has 1 fully saturated rings. The van der Waals surface area contributed by atoms with Crippen molar-refractivity contribution in [2.45, 2.75) is 25.1 Å².